The van der Waals surface area contributed by atoms with Gasteiger partial charge in [-0.25, -0.2) is 4.79 Å². The fourth-order valence-corrected chi connectivity index (χ4v) is 1.91. The van der Waals surface area contributed by atoms with Gasteiger partial charge in [0, 0.05) is 6.42 Å². The molecule has 0 N–H and O–H groups in total. The predicted molar refractivity (Wildman–Crippen MR) is 79.6 cm³/mol. The van der Waals surface area contributed by atoms with E-state index < -0.39 is 24.0 Å². The Balaban J connectivity index is 2.84. The van der Waals surface area contributed by atoms with E-state index in [9.17, 15) is 9.59 Å². The molecule has 1 aromatic rings. The molecular formula is C17H20O4. The third-order valence-corrected chi connectivity index (χ3v) is 2.96. The van der Waals surface area contributed by atoms with Gasteiger partial charge in [-0.05, 0) is 26.3 Å². The van der Waals surface area contributed by atoms with Crippen molar-refractivity contribution in [3.63, 3.8) is 0 Å². The van der Waals surface area contributed by atoms with Crippen molar-refractivity contribution in [1.29, 1.82) is 0 Å². The van der Waals surface area contributed by atoms with E-state index in [4.69, 9.17) is 15.9 Å². The number of terminal acetylenes is 1. The van der Waals surface area contributed by atoms with Crippen LogP contribution in [-0.4, -0.2) is 24.6 Å². The molecule has 0 spiro atoms. The average Bonchev–Trinajstić information content (AvgIpc) is 2.44. The minimum atomic E-state index is -0.942. The Morgan fingerprint density at radius 3 is 2.62 bits per heavy atom. The largest absolute Gasteiger partial charge is 0.463 e. The van der Waals surface area contributed by atoms with Crippen molar-refractivity contribution in [2.24, 2.45) is 0 Å². The number of rotatable bonds is 6. The number of esters is 2. The molecule has 4 nitrogen and oxygen atoms in total. The quantitative estimate of drug-likeness (QED) is 0.596. The molecule has 1 rings (SSSR count). The standard InChI is InChI=1S/C17H20O4/c1-5-8-15(14-10-7-9-12(3)11-14)17(19)21-13(4)16(18)20-6-2/h1,7,9-11,13,15H,6,8H2,2-4H3/t13?,15-/m0/s1. The Labute approximate surface area is 125 Å². The fourth-order valence-electron chi connectivity index (χ4n) is 1.91. The summed E-state index contributed by atoms with van der Waals surface area (Å²) in [6, 6.07) is 7.50. The molecule has 0 saturated heterocycles. The number of ether oxygens (including phenoxy) is 2. The van der Waals surface area contributed by atoms with Gasteiger partial charge in [0.2, 0.25) is 0 Å². The van der Waals surface area contributed by atoms with E-state index >= 15 is 0 Å². The van der Waals surface area contributed by atoms with Gasteiger partial charge >= 0.3 is 11.9 Å². The highest BCUT2D eigenvalue weighted by atomic mass is 16.6. The highest BCUT2D eigenvalue weighted by Gasteiger charge is 2.26. The van der Waals surface area contributed by atoms with Gasteiger partial charge in [0.05, 0.1) is 12.5 Å². The van der Waals surface area contributed by atoms with Crippen molar-refractivity contribution in [2.45, 2.75) is 39.2 Å². The van der Waals surface area contributed by atoms with Crippen LogP contribution in [0, 0.1) is 19.3 Å². The van der Waals surface area contributed by atoms with Crippen LogP contribution in [0.4, 0.5) is 0 Å². The molecule has 0 radical (unpaired) electrons. The normalized spacial score (nSPS) is 12.9. The highest BCUT2D eigenvalue weighted by molar-refractivity contribution is 5.83. The van der Waals surface area contributed by atoms with Crippen LogP contribution in [0.1, 0.15) is 37.3 Å². The van der Waals surface area contributed by atoms with E-state index in [0.29, 0.717) is 0 Å². The maximum absolute atomic E-state index is 12.2. The van der Waals surface area contributed by atoms with Crippen molar-refractivity contribution in [2.75, 3.05) is 6.61 Å². The van der Waals surface area contributed by atoms with E-state index in [1.165, 1.54) is 6.92 Å². The first-order valence-corrected chi connectivity index (χ1v) is 6.86. The van der Waals surface area contributed by atoms with Gasteiger partial charge in [0.1, 0.15) is 0 Å². The Bertz CT molecular complexity index is 542. The topological polar surface area (TPSA) is 52.6 Å². The number of carbonyl (C=O) groups is 2. The molecular weight excluding hydrogens is 268 g/mol. The molecule has 1 unspecified atom stereocenters. The smallest absolute Gasteiger partial charge is 0.347 e. The molecule has 0 aromatic heterocycles. The number of carbonyl (C=O) groups excluding carboxylic acids is 2. The summed E-state index contributed by atoms with van der Waals surface area (Å²) in [6.45, 7) is 5.36. The number of benzene rings is 1. The molecule has 0 aliphatic carbocycles. The third kappa shape index (κ3) is 4.96. The maximum atomic E-state index is 12.2. The van der Waals surface area contributed by atoms with Crippen LogP contribution in [0.25, 0.3) is 0 Å². The van der Waals surface area contributed by atoms with Gasteiger partial charge in [-0.2, -0.15) is 0 Å². The zero-order chi connectivity index (χ0) is 15.8. The van der Waals surface area contributed by atoms with Crippen molar-refractivity contribution in [1.82, 2.24) is 0 Å². The van der Waals surface area contributed by atoms with Crippen LogP contribution < -0.4 is 0 Å². The summed E-state index contributed by atoms with van der Waals surface area (Å²) in [5, 5.41) is 0. The first kappa shape index (κ1) is 16.8. The summed E-state index contributed by atoms with van der Waals surface area (Å²) in [7, 11) is 0. The van der Waals surface area contributed by atoms with Gasteiger partial charge in [0.15, 0.2) is 6.10 Å². The van der Waals surface area contributed by atoms with Crippen molar-refractivity contribution in [3.05, 3.63) is 35.4 Å². The predicted octanol–water partition coefficient (Wildman–Crippen LogP) is 2.60. The summed E-state index contributed by atoms with van der Waals surface area (Å²) >= 11 is 0. The molecule has 4 heteroatoms. The lowest BCUT2D eigenvalue weighted by atomic mass is 9.95. The summed E-state index contributed by atoms with van der Waals surface area (Å²) in [5.41, 5.74) is 1.81. The second-order valence-corrected chi connectivity index (χ2v) is 4.71. The van der Waals surface area contributed by atoms with Crippen molar-refractivity contribution in [3.8, 4) is 12.3 Å². The van der Waals surface area contributed by atoms with E-state index in [-0.39, 0.29) is 13.0 Å². The molecule has 0 bridgehead atoms. The zero-order valence-corrected chi connectivity index (χ0v) is 12.6. The van der Waals surface area contributed by atoms with Crippen molar-refractivity contribution >= 4 is 11.9 Å². The number of hydrogen-bond donors (Lipinski definition) is 0. The first-order chi connectivity index (χ1) is 9.99. The Hall–Kier alpha value is -2.28. The van der Waals surface area contributed by atoms with E-state index in [2.05, 4.69) is 5.92 Å². The lowest BCUT2D eigenvalue weighted by molar-refractivity contribution is -0.167. The first-order valence-electron chi connectivity index (χ1n) is 6.86. The van der Waals surface area contributed by atoms with Gasteiger partial charge in [0.25, 0.3) is 0 Å². The minimum absolute atomic E-state index is 0.220. The second kappa shape index (κ2) is 8.11. The minimum Gasteiger partial charge on any atom is -0.463 e. The van der Waals surface area contributed by atoms with E-state index in [0.717, 1.165) is 11.1 Å². The SMILES string of the molecule is C#CC[C@H](C(=O)OC(C)C(=O)OCC)c1cccc(C)c1. The van der Waals surface area contributed by atoms with Crippen LogP contribution in [0.3, 0.4) is 0 Å². The Morgan fingerprint density at radius 1 is 1.33 bits per heavy atom. The number of aryl methyl sites for hydroxylation is 1. The molecule has 0 fully saturated rings. The van der Waals surface area contributed by atoms with Crippen molar-refractivity contribution < 1.29 is 19.1 Å². The molecule has 2 atom stereocenters. The Kier molecular flexibility index (Phi) is 6.48. The van der Waals surface area contributed by atoms with Crippen LogP contribution in [0.15, 0.2) is 24.3 Å². The zero-order valence-electron chi connectivity index (χ0n) is 12.6. The summed E-state index contributed by atoms with van der Waals surface area (Å²) in [6.07, 6.45) is 4.61. The van der Waals surface area contributed by atoms with E-state index in [1.54, 1.807) is 6.92 Å². The van der Waals surface area contributed by atoms with Crippen LogP contribution in [0.2, 0.25) is 0 Å². The van der Waals surface area contributed by atoms with Gasteiger partial charge in [-0.1, -0.05) is 29.8 Å². The molecule has 0 aliphatic heterocycles. The van der Waals surface area contributed by atoms with Crippen LogP contribution in [0.5, 0.6) is 0 Å². The second-order valence-electron chi connectivity index (χ2n) is 4.71. The monoisotopic (exact) mass is 288 g/mol. The van der Waals surface area contributed by atoms with Gasteiger partial charge in [-0.3, -0.25) is 4.79 Å². The maximum Gasteiger partial charge on any atom is 0.347 e. The molecule has 0 aliphatic rings. The lowest BCUT2D eigenvalue weighted by Crippen LogP contribution is -2.29. The highest BCUT2D eigenvalue weighted by Crippen LogP contribution is 2.22. The van der Waals surface area contributed by atoms with E-state index in [1.807, 2.05) is 31.2 Å². The third-order valence-electron chi connectivity index (χ3n) is 2.96. The Morgan fingerprint density at radius 2 is 2.05 bits per heavy atom. The molecule has 0 amide bonds. The van der Waals surface area contributed by atoms with Crippen LogP contribution >= 0.6 is 0 Å². The number of hydrogen-bond acceptors (Lipinski definition) is 4. The fraction of sp³-hybridized carbons (Fsp3) is 0.412. The molecule has 21 heavy (non-hydrogen) atoms. The average molecular weight is 288 g/mol. The molecule has 0 saturated carbocycles. The molecule has 0 heterocycles. The van der Waals surface area contributed by atoms with Gasteiger partial charge < -0.3 is 9.47 Å². The summed E-state index contributed by atoms with van der Waals surface area (Å²) < 4.78 is 9.98. The molecule has 112 valence electrons. The van der Waals surface area contributed by atoms with Gasteiger partial charge in [-0.15, -0.1) is 12.3 Å². The lowest BCUT2D eigenvalue weighted by Gasteiger charge is -2.18. The van der Waals surface area contributed by atoms with Crippen LogP contribution in [-0.2, 0) is 19.1 Å². The summed E-state index contributed by atoms with van der Waals surface area (Å²) in [4.78, 5) is 23.7. The molecule has 1 aromatic carbocycles. The summed E-state index contributed by atoms with van der Waals surface area (Å²) in [5.74, 6) is 0.825.